The van der Waals surface area contributed by atoms with Gasteiger partial charge >= 0.3 is 6.26 Å². The molecule has 1 aliphatic rings. The largest absolute Gasteiger partial charge is 0.364 e. The molecule has 1 unspecified atom stereocenters. The van der Waals surface area contributed by atoms with Gasteiger partial charge in [0.2, 0.25) is 0 Å². The van der Waals surface area contributed by atoms with Crippen LogP contribution in [0.1, 0.15) is 26.2 Å². The van der Waals surface area contributed by atoms with E-state index < -0.39 is 0 Å². The Morgan fingerprint density at radius 2 is 2.00 bits per heavy atom. The van der Waals surface area contributed by atoms with Crippen molar-refractivity contribution in [1.82, 2.24) is 4.81 Å². The number of nitrogens with zero attached hydrogens (tertiary/aromatic N) is 1. The van der Waals surface area contributed by atoms with Gasteiger partial charge in [-0.05, 0) is 30.9 Å². The summed E-state index contributed by atoms with van der Waals surface area (Å²) >= 11 is 6.51. The van der Waals surface area contributed by atoms with Crippen LogP contribution < -0.4 is 5.46 Å². The number of halogens is 1. The molecule has 1 nitrogen and oxygen atoms in total. The smallest absolute Gasteiger partial charge is 0.322 e. The Bertz CT molecular complexity index is 304. The predicted octanol–water partition coefficient (Wildman–Crippen LogP) is 2.50. The van der Waals surface area contributed by atoms with Gasteiger partial charge in [-0.15, -0.1) is 0 Å². The fourth-order valence-corrected chi connectivity index (χ4v) is 2.70. The number of hydrogen-bond acceptors (Lipinski definition) is 1. The number of piperidine rings is 1. The molecule has 1 fully saturated rings. The van der Waals surface area contributed by atoms with E-state index in [-0.39, 0.29) is 6.26 Å². The summed E-state index contributed by atoms with van der Waals surface area (Å²) in [5.74, 6) is 0. The van der Waals surface area contributed by atoms with Gasteiger partial charge in [-0.2, -0.15) is 11.5 Å². The van der Waals surface area contributed by atoms with Gasteiger partial charge in [0.15, 0.2) is 0 Å². The Balaban J connectivity index is 2.09. The highest BCUT2D eigenvalue weighted by molar-refractivity contribution is 7.12. The molecule has 1 heterocycles. The summed E-state index contributed by atoms with van der Waals surface area (Å²) in [6, 6.07) is 11.0. The van der Waals surface area contributed by atoms with E-state index in [0.29, 0.717) is 6.04 Å². The molecule has 0 N–H and O–H groups in total. The lowest BCUT2D eigenvalue weighted by atomic mass is 9.75. The van der Waals surface area contributed by atoms with E-state index in [0.717, 1.165) is 6.54 Å². The number of hydrogen-bond donors (Lipinski definition) is 0. The van der Waals surface area contributed by atoms with Crippen LogP contribution in [0.3, 0.4) is 0 Å². The van der Waals surface area contributed by atoms with Crippen molar-refractivity contribution in [3.05, 3.63) is 30.3 Å². The third kappa shape index (κ3) is 2.56. The second-order valence-corrected chi connectivity index (χ2v) is 4.74. The second-order valence-electron chi connectivity index (χ2n) is 4.33. The quantitative estimate of drug-likeness (QED) is 0.694. The van der Waals surface area contributed by atoms with Crippen molar-refractivity contribution in [2.24, 2.45) is 0 Å². The van der Waals surface area contributed by atoms with E-state index in [2.05, 4.69) is 36.0 Å². The van der Waals surface area contributed by atoms with Crippen molar-refractivity contribution in [2.75, 3.05) is 6.54 Å². The third-order valence-corrected chi connectivity index (χ3v) is 3.72. The molecule has 0 saturated carbocycles. The first-order valence-electron chi connectivity index (χ1n) is 5.74. The van der Waals surface area contributed by atoms with Crippen LogP contribution in [-0.2, 0) is 0 Å². The van der Waals surface area contributed by atoms with E-state index in [9.17, 15) is 0 Å². The van der Waals surface area contributed by atoms with Crippen LogP contribution in [-0.4, -0.2) is 23.7 Å². The van der Waals surface area contributed by atoms with Crippen LogP contribution in [0.25, 0.3) is 0 Å². The SMILES string of the molecule is CC1CCCCN1B(Cl)c1ccccc1. The molecule has 3 heteroatoms. The predicted molar refractivity (Wildman–Crippen MR) is 67.7 cm³/mol. The summed E-state index contributed by atoms with van der Waals surface area (Å²) in [7, 11) is 0. The van der Waals surface area contributed by atoms with Crippen LogP contribution >= 0.6 is 11.5 Å². The van der Waals surface area contributed by atoms with Gasteiger partial charge in [-0.3, -0.25) is 0 Å². The van der Waals surface area contributed by atoms with E-state index in [1.54, 1.807) is 0 Å². The van der Waals surface area contributed by atoms with Gasteiger partial charge in [0, 0.05) is 0 Å². The molecule has 0 aliphatic carbocycles. The second kappa shape index (κ2) is 5.04. The number of rotatable bonds is 2. The molecular weight excluding hydrogens is 204 g/mol. The van der Waals surface area contributed by atoms with E-state index in [1.165, 1.54) is 24.7 Å². The summed E-state index contributed by atoms with van der Waals surface area (Å²) < 4.78 is 0. The molecule has 15 heavy (non-hydrogen) atoms. The van der Waals surface area contributed by atoms with Gasteiger partial charge in [-0.1, -0.05) is 43.7 Å². The number of benzene rings is 1. The van der Waals surface area contributed by atoms with E-state index in [1.807, 2.05) is 6.07 Å². The van der Waals surface area contributed by atoms with Gasteiger partial charge in [-0.25, -0.2) is 0 Å². The molecule has 1 saturated heterocycles. The third-order valence-electron chi connectivity index (χ3n) is 3.22. The Morgan fingerprint density at radius 3 is 2.67 bits per heavy atom. The summed E-state index contributed by atoms with van der Waals surface area (Å²) in [6.45, 7) is 3.40. The molecule has 1 aromatic rings. The maximum absolute atomic E-state index is 6.51. The first-order valence-corrected chi connectivity index (χ1v) is 6.17. The zero-order chi connectivity index (χ0) is 10.7. The Hall–Kier alpha value is -0.465. The van der Waals surface area contributed by atoms with Gasteiger partial charge in [0.05, 0.1) is 0 Å². The molecule has 0 bridgehead atoms. The van der Waals surface area contributed by atoms with Crippen molar-refractivity contribution in [2.45, 2.75) is 32.2 Å². The average Bonchev–Trinajstić information content (AvgIpc) is 2.30. The Labute approximate surface area is 97.4 Å². The first kappa shape index (κ1) is 11.0. The van der Waals surface area contributed by atoms with Crippen molar-refractivity contribution in [1.29, 1.82) is 0 Å². The van der Waals surface area contributed by atoms with Crippen molar-refractivity contribution >= 4 is 23.2 Å². The van der Waals surface area contributed by atoms with Crippen LogP contribution in [0.15, 0.2) is 30.3 Å². The van der Waals surface area contributed by atoms with E-state index in [4.69, 9.17) is 11.5 Å². The maximum Gasteiger partial charge on any atom is 0.364 e. The highest BCUT2D eigenvalue weighted by Crippen LogP contribution is 2.18. The summed E-state index contributed by atoms with van der Waals surface area (Å²) in [5, 5.41) is 0. The fraction of sp³-hybridized carbons (Fsp3) is 0.500. The maximum atomic E-state index is 6.51. The van der Waals surface area contributed by atoms with Crippen molar-refractivity contribution < 1.29 is 0 Å². The lowest BCUT2D eigenvalue weighted by molar-refractivity contribution is 0.274. The minimum absolute atomic E-state index is 0.0431. The van der Waals surface area contributed by atoms with Crippen molar-refractivity contribution in [3.63, 3.8) is 0 Å². The molecule has 1 atom stereocenters. The molecule has 0 aromatic heterocycles. The van der Waals surface area contributed by atoms with Gasteiger partial charge in [0.25, 0.3) is 0 Å². The molecule has 1 aliphatic heterocycles. The highest BCUT2D eigenvalue weighted by Gasteiger charge is 2.28. The average molecular weight is 222 g/mol. The zero-order valence-corrected chi connectivity index (χ0v) is 9.95. The van der Waals surface area contributed by atoms with Crippen LogP contribution in [0.2, 0.25) is 0 Å². The van der Waals surface area contributed by atoms with Crippen LogP contribution in [0.5, 0.6) is 0 Å². The van der Waals surface area contributed by atoms with E-state index >= 15 is 0 Å². The van der Waals surface area contributed by atoms with Gasteiger partial charge in [0.1, 0.15) is 0 Å². The van der Waals surface area contributed by atoms with Crippen LogP contribution in [0.4, 0.5) is 0 Å². The monoisotopic (exact) mass is 221 g/mol. The minimum Gasteiger partial charge on any atom is -0.322 e. The lowest BCUT2D eigenvalue weighted by Gasteiger charge is -2.35. The Kier molecular flexibility index (Phi) is 3.71. The molecule has 0 spiro atoms. The standard InChI is InChI=1S/C12H17BClN/c1-11-7-5-6-10-15(11)13(14)12-8-3-2-4-9-12/h2-4,8-9,11H,5-7,10H2,1H3. The molecule has 0 radical (unpaired) electrons. The zero-order valence-electron chi connectivity index (χ0n) is 9.20. The minimum atomic E-state index is 0.0431. The summed E-state index contributed by atoms with van der Waals surface area (Å²) in [6.07, 6.45) is 3.94. The normalized spacial score (nSPS) is 22.7. The molecule has 1 aromatic carbocycles. The highest BCUT2D eigenvalue weighted by atomic mass is 35.5. The lowest BCUT2D eigenvalue weighted by Crippen LogP contribution is -2.51. The topological polar surface area (TPSA) is 3.24 Å². The van der Waals surface area contributed by atoms with Gasteiger partial charge < -0.3 is 4.81 Å². The molecular formula is C12H17BClN. The molecule has 0 amide bonds. The Morgan fingerprint density at radius 1 is 1.27 bits per heavy atom. The molecule has 80 valence electrons. The summed E-state index contributed by atoms with van der Waals surface area (Å²) in [5.41, 5.74) is 1.22. The molecule has 2 rings (SSSR count). The summed E-state index contributed by atoms with van der Waals surface area (Å²) in [4.78, 5) is 2.40. The van der Waals surface area contributed by atoms with Crippen molar-refractivity contribution in [3.8, 4) is 0 Å². The van der Waals surface area contributed by atoms with Crippen LogP contribution in [0, 0.1) is 0 Å². The fourth-order valence-electron chi connectivity index (χ4n) is 2.26. The first-order chi connectivity index (χ1) is 7.29.